The smallest absolute Gasteiger partial charge is 0.133 e. The molecule has 0 saturated carbocycles. The van der Waals surface area contributed by atoms with Gasteiger partial charge in [0.1, 0.15) is 18.4 Å². The molecule has 2 aliphatic heterocycles. The number of nitrogens with one attached hydrogen (secondary N) is 1. The van der Waals surface area contributed by atoms with E-state index in [1.807, 2.05) is 0 Å². The van der Waals surface area contributed by atoms with Crippen LogP contribution in [-0.2, 0) is 9.57 Å². The van der Waals surface area contributed by atoms with Gasteiger partial charge in [-0.25, -0.2) is 0 Å². The lowest BCUT2D eigenvalue weighted by Crippen LogP contribution is -2.55. The first-order valence-electron chi connectivity index (χ1n) is 11.3. The molecule has 1 N–H and O–H groups in total. The molecule has 0 amide bonds. The second-order valence-corrected chi connectivity index (χ2v) is 8.54. The fourth-order valence-electron chi connectivity index (χ4n) is 3.89. The molecule has 4 atom stereocenters. The fourth-order valence-corrected chi connectivity index (χ4v) is 3.89. The largest absolute Gasteiger partial charge is 0.354 e. The number of hydrogen-bond donors (Lipinski definition) is 1. The number of hydrogen-bond acceptors (Lipinski definition) is 4. The van der Waals surface area contributed by atoms with Gasteiger partial charge in [-0.2, -0.15) is 5.48 Å². The van der Waals surface area contributed by atoms with Gasteiger partial charge in [-0.15, -0.1) is 0 Å². The van der Waals surface area contributed by atoms with Gasteiger partial charge in [0.2, 0.25) is 0 Å². The molecule has 2 fully saturated rings. The van der Waals surface area contributed by atoms with Crippen molar-refractivity contribution in [1.82, 2.24) is 10.4 Å². The normalized spacial score (nSPS) is 28.5. The molecule has 2 saturated heterocycles. The molecule has 0 aromatic heterocycles. The van der Waals surface area contributed by atoms with Crippen LogP contribution in [0.2, 0.25) is 0 Å². The van der Waals surface area contributed by atoms with E-state index >= 15 is 0 Å². The molecule has 4 nitrogen and oxygen atoms in total. The quantitative estimate of drug-likeness (QED) is 0.622. The summed E-state index contributed by atoms with van der Waals surface area (Å²) < 4.78 is 6.33. The Morgan fingerprint density at radius 1 is 1.00 bits per heavy atom. The first-order valence-corrected chi connectivity index (χ1v) is 11.3. The summed E-state index contributed by atoms with van der Waals surface area (Å²) in [5.41, 5.74) is 3.13. The van der Waals surface area contributed by atoms with Gasteiger partial charge in [0.15, 0.2) is 0 Å². The zero-order chi connectivity index (χ0) is 19.4. The Labute approximate surface area is 163 Å². The molecule has 26 heavy (non-hydrogen) atoms. The van der Waals surface area contributed by atoms with E-state index in [0.29, 0.717) is 5.92 Å². The fraction of sp³-hybridized carbons (Fsp3) is 1.00. The highest BCUT2D eigenvalue weighted by Gasteiger charge is 2.34. The van der Waals surface area contributed by atoms with Crippen molar-refractivity contribution in [1.29, 1.82) is 0 Å². The molecule has 4 heteroatoms. The highest BCUT2D eigenvalue weighted by molar-refractivity contribution is 4.79. The highest BCUT2D eigenvalue weighted by atomic mass is 16.7. The van der Waals surface area contributed by atoms with Gasteiger partial charge in [-0.3, -0.25) is 4.84 Å². The van der Waals surface area contributed by atoms with E-state index in [1.54, 1.807) is 0 Å². The molecule has 0 aromatic rings. The van der Waals surface area contributed by atoms with Crippen LogP contribution in [-0.4, -0.2) is 43.0 Å². The van der Waals surface area contributed by atoms with E-state index in [4.69, 9.17) is 9.57 Å². The van der Waals surface area contributed by atoms with Crippen LogP contribution in [0.15, 0.2) is 0 Å². The van der Waals surface area contributed by atoms with E-state index < -0.39 is 0 Å². The predicted octanol–water partition coefficient (Wildman–Crippen LogP) is 5.38. The van der Waals surface area contributed by atoms with E-state index in [0.717, 1.165) is 18.9 Å². The molecule has 0 aliphatic carbocycles. The van der Waals surface area contributed by atoms with Crippen LogP contribution in [0.3, 0.4) is 0 Å². The van der Waals surface area contributed by atoms with Gasteiger partial charge < -0.3 is 9.64 Å². The zero-order valence-electron chi connectivity index (χ0n) is 18.4. The summed E-state index contributed by atoms with van der Waals surface area (Å²) in [5.74, 6) is 1.45. The van der Waals surface area contributed by atoms with Crippen molar-refractivity contribution in [3.8, 4) is 0 Å². The first kappa shape index (κ1) is 23.9. The lowest BCUT2D eigenvalue weighted by molar-refractivity contribution is -0.249. The number of rotatable bonds is 8. The van der Waals surface area contributed by atoms with Crippen LogP contribution >= 0.6 is 0 Å². The third kappa shape index (κ3) is 9.16. The Morgan fingerprint density at radius 3 is 2.15 bits per heavy atom. The maximum atomic E-state index is 6.33. The van der Waals surface area contributed by atoms with Crippen LogP contribution in [0.5, 0.6) is 0 Å². The first-order chi connectivity index (χ1) is 12.5. The van der Waals surface area contributed by atoms with Crippen molar-refractivity contribution in [2.45, 2.75) is 111 Å². The molecule has 2 rings (SSSR count). The van der Waals surface area contributed by atoms with Gasteiger partial charge in [-0.05, 0) is 51.6 Å². The number of ether oxygens (including phenoxy) is 1. The Bertz CT molecular complexity index is 332. The molecule has 0 spiro atoms. The van der Waals surface area contributed by atoms with Gasteiger partial charge in [0.05, 0.1) is 0 Å². The lowest BCUT2D eigenvalue weighted by Gasteiger charge is -2.41. The van der Waals surface area contributed by atoms with E-state index in [2.05, 4.69) is 51.9 Å². The van der Waals surface area contributed by atoms with Crippen molar-refractivity contribution in [2.24, 2.45) is 11.8 Å². The van der Waals surface area contributed by atoms with Gasteiger partial charge in [0, 0.05) is 12.5 Å². The Balaban J connectivity index is 0.000000487. The Morgan fingerprint density at radius 2 is 1.65 bits per heavy atom. The summed E-state index contributed by atoms with van der Waals surface area (Å²) in [6, 6.07) is 0. The standard InChI is InChI=1S/C16H32N2O2.C6H14/c1-4-9-14(5-2)16-17-20-13(3)15(19-16)12-18-10-7-6-8-11-18;1-4-5-6(2)3/h13-17H,4-12H2,1-3H3;6H,4-5H2,1-3H3. The van der Waals surface area contributed by atoms with Crippen molar-refractivity contribution in [3.63, 3.8) is 0 Å². The van der Waals surface area contributed by atoms with Crippen LogP contribution in [0.1, 0.15) is 92.9 Å². The SMILES string of the molecule is CCCC(C)C.CCCC(CC)C1NOC(C)C(CN2CCCCC2)O1. The topological polar surface area (TPSA) is 33.7 Å². The van der Waals surface area contributed by atoms with Gasteiger partial charge in [-0.1, -0.05) is 60.3 Å². The summed E-state index contributed by atoms with van der Waals surface area (Å²) in [4.78, 5) is 8.31. The zero-order valence-corrected chi connectivity index (χ0v) is 18.4. The van der Waals surface area contributed by atoms with Gasteiger partial charge >= 0.3 is 0 Å². The lowest BCUT2D eigenvalue weighted by atomic mass is 9.98. The van der Waals surface area contributed by atoms with Crippen molar-refractivity contribution >= 4 is 0 Å². The van der Waals surface area contributed by atoms with Crippen LogP contribution in [0.25, 0.3) is 0 Å². The molecule has 156 valence electrons. The van der Waals surface area contributed by atoms with E-state index in [9.17, 15) is 0 Å². The maximum Gasteiger partial charge on any atom is 0.133 e. The molecule has 2 heterocycles. The molecule has 0 radical (unpaired) electrons. The Kier molecular flexibility index (Phi) is 12.8. The van der Waals surface area contributed by atoms with E-state index in [-0.39, 0.29) is 18.4 Å². The van der Waals surface area contributed by atoms with Crippen molar-refractivity contribution < 1.29 is 9.57 Å². The number of nitrogens with zero attached hydrogens (tertiary/aromatic N) is 1. The molecule has 4 unspecified atom stereocenters. The maximum absolute atomic E-state index is 6.33. The second-order valence-electron chi connectivity index (χ2n) is 8.54. The minimum Gasteiger partial charge on any atom is -0.354 e. The second kappa shape index (κ2) is 13.9. The minimum atomic E-state index is 0.0611. The van der Waals surface area contributed by atoms with Gasteiger partial charge in [0.25, 0.3) is 0 Å². The molecule has 2 aliphatic rings. The summed E-state index contributed by atoms with van der Waals surface area (Å²) in [5, 5.41) is 0. The van der Waals surface area contributed by atoms with Crippen molar-refractivity contribution in [3.05, 3.63) is 0 Å². The van der Waals surface area contributed by atoms with E-state index in [1.165, 1.54) is 58.0 Å². The third-order valence-corrected chi connectivity index (χ3v) is 5.58. The molecular formula is C22H46N2O2. The monoisotopic (exact) mass is 370 g/mol. The van der Waals surface area contributed by atoms with Crippen LogP contribution in [0.4, 0.5) is 0 Å². The van der Waals surface area contributed by atoms with Crippen LogP contribution < -0.4 is 5.48 Å². The highest BCUT2D eigenvalue weighted by Crippen LogP contribution is 2.24. The number of hydroxylamine groups is 1. The van der Waals surface area contributed by atoms with Crippen molar-refractivity contribution in [2.75, 3.05) is 19.6 Å². The Hall–Kier alpha value is -0.160. The number of likely N-dealkylation sites (tertiary alicyclic amines) is 1. The predicted molar refractivity (Wildman–Crippen MR) is 111 cm³/mol. The summed E-state index contributed by atoms with van der Waals surface area (Å²) in [6.45, 7) is 16.8. The summed E-state index contributed by atoms with van der Waals surface area (Å²) in [6.07, 6.45) is 10.7. The number of piperidine rings is 1. The summed E-state index contributed by atoms with van der Waals surface area (Å²) >= 11 is 0. The average Bonchev–Trinajstić information content (AvgIpc) is 2.63. The molecular weight excluding hydrogens is 324 g/mol. The molecule has 0 aromatic carbocycles. The summed E-state index contributed by atoms with van der Waals surface area (Å²) in [7, 11) is 0. The molecule has 0 bridgehead atoms. The average molecular weight is 371 g/mol. The van der Waals surface area contributed by atoms with Crippen LogP contribution in [0, 0.1) is 11.8 Å². The minimum absolute atomic E-state index is 0.0611. The third-order valence-electron chi connectivity index (χ3n) is 5.58.